The van der Waals surface area contributed by atoms with Crippen molar-refractivity contribution in [3.63, 3.8) is 0 Å². The summed E-state index contributed by atoms with van der Waals surface area (Å²) in [6.45, 7) is 0.395. The van der Waals surface area contributed by atoms with E-state index in [0.717, 1.165) is 17.0 Å². The molecule has 0 aliphatic carbocycles. The normalized spacial score (nSPS) is 17.0. The van der Waals surface area contributed by atoms with E-state index in [-0.39, 0.29) is 11.7 Å². The largest absolute Gasteiger partial charge is 0.390 e. The van der Waals surface area contributed by atoms with Gasteiger partial charge in [0.15, 0.2) is 6.10 Å². The molecule has 2 heterocycles. The van der Waals surface area contributed by atoms with E-state index < -0.39 is 0 Å². The first kappa shape index (κ1) is 14.3. The van der Waals surface area contributed by atoms with Crippen molar-refractivity contribution in [1.82, 2.24) is 9.78 Å². The Bertz CT molecular complexity index is 737. The molecule has 1 atom stereocenters. The highest BCUT2D eigenvalue weighted by Gasteiger charge is 2.23. The van der Waals surface area contributed by atoms with Crippen LogP contribution in [0.15, 0.2) is 52.5 Å². The summed E-state index contributed by atoms with van der Waals surface area (Å²) in [5, 5.41) is 8.32. The molecule has 2 aromatic rings. The Morgan fingerprint density at radius 2 is 2.09 bits per heavy atom. The number of nitrogens with zero attached hydrogens (tertiary/aromatic N) is 4. The molecular formula is C16H18N4O2. The Kier molecular flexibility index (Phi) is 3.91. The topological polar surface area (TPSA) is 59.7 Å². The second-order valence-corrected chi connectivity index (χ2v) is 5.46. The summed E-state index contributed by atoms with van der Waals surface area (Å²) < 4.78 is 1.42. The monoisotopic (exact) mass is 298 g/mol. The number of rotatable bonds is 4. The molecule has 1 aliphatic rings. The van der Waals surface area contributed by atoms with Crippen molar-refractivity contribution in [1.29, 1.82) is 0 Å². The van der Waals surface area contributed by atoms with Crippen molar-refractivity contribution in [3.05, 3.63) is 58.5 Å². The van der Waals surface area contributed by atoms with E-state index in [2.05, 4.69) is 10.3 Å². The molecule has 0 amide bonds. The van der Waals surface area contributed by atoms with Gasteiger partial charge >= 0.3 is 0 Å². The molecule has 0 saturated carbocycles. The van der Waals surface area contributed by atoms with Crippen LogP contribution in [0.5, 0.6) is 0 Å². The fourth-order valence-electron chi connectivity index (χ4n) is 2.33. The van der Waals surface area contributed by atoms with Crippen molar-refractivity contribution in [2.75, 3.05) is 19.0 Å². The Morgan fingerprint density at radius 3 is 2.77 bits per heavy atom. The first-order chi connectivity index (χ1) is 10.6. The van der Waals surface area contributed by atoms with Crippen molar-refractivity contribution < 1.29 is 4.84 Å². The van der Waals surface area contributed by atoms with Crippen molar-refractivity contribution in [2.45, 2.75) is 19.1 Å². The van der Waals surface area contributed by atoms with Gasteiger partial charge in [-0.15, -0.1) is 0 Å². The lowest BCUT2D eigenvalue weighted by atomic mass is 10.1. The van der Waals surface area contributed by atoms with E-state index in [1.165, 1.54) is 4.68 Å². The molecule has 3 rings (SSSR count). The number of aromatic nitrogens is 2. The molecule has 6 heteroatoms. The molecule has 22 heavy (non-hydrogen) atoms. The summed E-state index contributed by atoms with van der Waals surface area (Å²) in [4.78, 5) is 19.3. The van der Waals surface area contributed by atoms with Crippen LogP contribution >= 0.6 is 0 Å². The zero-order valence-corrected chi connectivity index (χ0v) is 12.6. The van der Waals surface area contributed by atoms with Crippen LogP contribution in [-0.4, -0.2) is 35.7 Å². The summed E-state index contributed by atoms with van der Waals surface area (Å²) >= 11 is 0. The molecule has 0 N–H and O–H groups in total. The molecule has 0 bridgehead atoms. The lowest BCUT2D eigenvalue weighted by Gasteiger charge is -2.13. The van der Waals surface area contributed by atoms with Gasteiger partial charge in [0.2, 0.25) is 0 Å². The zero-order chi connectivity index (χ0) is 15.5. The quantitative estimate of drug-likeness (QED) is 0.858. The molecular weight excluding hydrogens is 280 g/mol. The Hall–Kier alpha value is -2.63. The molecule has 114 valence electrons. The third-order valence-electron chi connectivity index (χ3n) is 3.59. The predicted molar refractivity (Wildman–Crippen MR) is 85.3 cm³/mol. The van der Waals surface area contributed by atoms with Gasteiger partial charge in [-0.1, -0.05) is 35.5 Å². The second-order valence-electron chi connectivity index (χ2n) is 5.46. The molecule has 0 fully saturated rings. The van der Waals surface area contributed by atoms with E-state index >= 15 is 0 Å². The first-order valence-corrected chi connectivity index (χ1v) is 7.16. The predicted octanol–water partition coefficient (Wildman–Crippen LogP) is 1.50. The van der Waals surface area contributed by atoms with E-state index in [4.69, 9.17) is 4.84 Å². The highest BCUT2D eigenvalue weighted by Crippen LogP contribution is 2.17. The lowest BCUT2D eigenvalue weighted by molar-refractivity contribution is 0.0686. The summed E-state index contributed by atoms with van der Waals surface area (Å²) in [5.41, 5.74) is 2.61. The highest BCUT2D eigenvalue weighted by molar-refractivity contribution is 6.01. The third-order valence-corrected chi connectivity index (χ3v) is 3.59. The van der Waals surface area contributed by atoms with Gasteiger partial charge in [0.05, 0.1) is 24.1 Å². The van der Waals surface area contributed by atoms with Gasteiger partial charge in [0.1, 0.15) is 0 Å². The van der Waals surface area contributed by atoms with E-state index in [1.54, 1.807) is 12.3 Å². The van der Waals surface area contributed by atoms with Crippen LogP contribution in [0.1, 0.15) is 12.0 Å². The maximum atomic E-state index is 12.1. The molecule has 0 spiro atoms. The van der Waals surface area contributed by atoms with Gasteiger partial charge in [-0.3, -0.25) is 4.79 Å². The fraction of sp³-hybridized carbons (Fsp3) is 0.312. The minimum atomic E-state index is -0.161. The van der Waals surface area contributed by atoms with Crippen LogP contribution in [0.2, 0.25) is 0 Å². The zero-order valence-electron chi connectivity index (χ0n) is 12.6. The summed E-state index contributed by atoms with van der Waals surface area (Å²) in [7, 11) is 3.75. The van der Waals surface area contributed by atoms with Crippen molar-refractivity contribution in [3.8, 4) is 0 Å². The highest BCUT2D eigenvalue weighted by atomic mass is 16.6. The number of hydrogen-bond donors (Lipinski definition) is 0. The van der Waals surface area contributed by atoms with Crippen molar-refractivity contribution in [2.24, 2.45) is 5.16 Å². The Labute approximate surface area is 128 Å². The van der Waals surface area contributed by atoms with Gasteiger partial charge in [0, 0.05) is 26.6 Å². The number of benzene rings is 1. The number of hydrogen-bond acceptors (Lipinski definition) is 5. The summed E-state index contributed by atoms with van der Waals surface area (Å²) in [6.07, 6.45) is 2.19. The van der Waals surface area contributed by atoms with Crippen LogP contribution in [0.25, 0.3) is 0 Å². The summed E-state index contributed by atoms with van der Waals surface area (Å²) in [6, 6.07) is 11.5. The van der Waals surface area contributed by atoms with E-state index in [1.807, 2.05) is 49.3 Å². The number of anilines is 1. The minimum Gasteiger partial charge on any atom is -0.390 e. The van der Waals surface area contributed by atoms with Crippen LogP contribution in [-0.2, 0) is 11.4 Å². The smallest absolute Gasteiger partial charge is 0.268 e. The van der Waals surface area contributed by atoms with Crippen LogP contribution in [0, 0.1) is 0 Å². The fourth-order valence-corrected chi connectivity index (χ4v) is 2.33. The molecule has 6 nitrogen and oxygen atoms in total. The standard InChI is InChI=1S/C16H18N4O2/c1-19(2)13-8-16(21)20(17-10-13)11-14-9-15(18-22-14)12-6-4-3-5-7-12/h3-8,10,14H,9,11H2,1-2H3. The van der Waals surface area contributed by atoms with Gasteiger partial charge in [0.25, 0.3) is 5.56 Å². The summed E-state index contributed by atoms with van der Waals surface area (Å²) in [5.74, 6) is 0. The average Bonchev–Trinajstić information content (AvgIpc) is 2.98. The third kappa shape index (κ3) is 3.00. The van der Waals surface area contributed by atoms with E-state index in [0.29, 0.717) is 13.0 Å². The molecule has 1 aliphatic heterocycles. The minimum absolute atomic E-state index is 0.136. The number of oxime groups is 1. The van der Waals surface area contributed by atoms with Crippen LogP contribution < -0.4 is 10.5 Å². The molecule has 0 radical (unpaired) electrons. The molecule has 1 aromatic carbocycles. The van der Waals surface area contributed by atoms with Crippen molar-refractivity contribution >= 4 is 11.4 Å². The van der Waals surface area contributed by atoms with Gasteiger partial charge < -0.3 is 9.74 Å². The van der Waals surface area contributed by atoms with Gasteiger partial charge in [-0.25, -0.2) is 4.68 Å². The first-order valence-electron chi connectivity index (χ1n) is 7.16. The second kappa shape index (κ2) is 6.01. The van der Waals surface area contributed by atoms with E-state index in [9.17, 15) is 4.79 Å². The molecule has 1 unspecified atom stereocenters. The Morgan fingerprint density at radius 1 is 1.32 bits per heavy atom. The molecule has 0 saturated heterocycles. The lowest BCUT2D eigenvalue weighted by Crippen LogP contribution is -2.29. The van der Waals surface area contributed by atoms with Gasteiger partial charge in [-0.2, -0.15) is 5.10 Å². The SMILES string of the molecule is CN(C)c1cnn(CC2CC(c3ccccc3)=NO2)c(=O)c1. The Balaban J connectivity index is 1.68. The maximum absolute atomic E-state index is 12.1. The van der Waals surface area contributed by atoms with Gasteiger partial charge in [-0.05, 0) is 5.56 Å². The average molecular weight is 298 g/mol. The molecule has 1 aromatic heterocycles. The van der Waals surface area contributed by atoms with Crippen LogP contribution in [0.4, 0.5) is 5.69 Å². The maximum Gasteiger partial charge on any atom is 0.268 e. The van der Waals surface area contributed by atoms with Crippen LogP contribution in [0.3, 0.4) is 0 Å².